The number of carboxylic acid groups (broad SMARTS) is 2. The number of hydrogen-bond donors (Lipinski definition) is 3. The van der Waals surface area contributed by atoms with Crippen LogP contribution in [-0.4, -0.2) is 27.3 Å². The van der Waals surface area contributed by atoms with Crippen LogP contribution in [0.5, 0.6) is 5.75 Å². The zero-order valence-electron chi connectivity index (χ0n) is 10.9. The van der Waals surface area contributed by atoms with Crippen molar-refractivity contribution >= 4 is 24.1 Å². The van der Waals surface area contributed by atoms with Crippen molar-refractivity contribution < 1.29 is 24.9 Å². The average Bonchev–Trinajstić information content (AvgIpc) is 2.45. The molecule has 0 bridgehead atoms. The van der Waals surface area contributed by atoms with Crippen molar-refractivity contribution in [2.45, 2.75) is 0 Å². The lowest BCUT2D eigenvalue weighted by molar-refractivity contribution is 0.0696. The van der Waals surface area contributed by atoms with Crippen molar-refractivity contribution in [1.82, 2.24) is 0 Å². The van der Waals surface area contributed by atoms with Crippen molar-refractivity contribution in [2.24, 2.45) is 0 Å². The maximum atomic E-state index is 11.0. The normalized spacial score (nSPS) is 10.7. The molecular weight excluding hydrogens is 272 g/mol. The molecule has 0 aliphatic carbocycles. The number of phenolic OH excluding ortho intramolecular Hbond substituents is 1. The molecule has 0 unspecified atom stereocenters. The predicted molar refractivity (Wildman–Crippen MR) is 77.4 cm³/mol. The van der Waals surface area contributed by atoms with Gasteiger partial charge < -0.3 is 15.3 Å². The van der Waals surface area contributed by atoms with Gasteiger partial charge in [0.1, 0.15) is 5.75 Å². The van der Waals surface area contributed by atoms with Gasteiger partial charge in [0, 0.05) is 0 Å². The number of hydrogen-bond acceptors (Lipinski definition) is 3. The van der Waals surface area contributed by atoms with Crippen LogP contribution in [0.3, 0.4) is 0 Å². The Morgan fingerprint density at radius 2 is 1.38 bits per heavy atom. The minimum Gasteiger partial charge on any atom is -0.508 e. The largest absolute Gasteiger partial charge is 0.508 e. The first-order valence-electron chi connectivity index (χ1n) is 6.04. The van der Waals surface area contributed by atoms with E-state index in [0.717, 1.165) is 6.07 Å². The molecule has 0 heterocycles. The van der Waals surface area contributed by atoms with E-state index in [9.17, 15) is 14.7 Å². The van der Waals surface area contributed by atoms with Gasteiger partial charge in [-0.2, -0.15) is 0 Å². The first-order valence-corrected chi connectivity index (χ1v) is 6.04. The minimum absolute atomic E-state index is 0.0922. The molecule has 0 radical (unpaired) electrons. The van der Waals surface area contributed by atoms with E-state index in [-0.39, 0.29) is 16.9 Å². The molecule has 21 heavy (non-hydrogen) atoms. The van der Waals surface area contributed by atoms with Crippen LogP contribution < -0.4 is 0 Å². The summed E-state index contributed by atoms with van der Waals surface area (Å²) < 4.78 is 0. The molecule has 0 saturated carbocycles. The molecule has 0 amide bonds. The average molecular weight is 284 g/mol. The Kier molecular flexibility index (Phi) is 4.04. The van der Waals surface area contributed by atoms with E-state index >= 15 is 0 Å². The van der Waals surface area contributed by atoms with Crippen LogP contribution in [0.2, 0.25) is 0 Å². The third-order valence-corrected chi connectivity index (χ3v) is 2.79. The van der Waals surface area contributed by atoms with E-state index in [1.54, 1.807) is 24.3 Å². The first-order chi connectivity index (χ1) is 9.95. The lowest BCUT2D eigenvalue weighted by atomic mass is 10.0. The third kappa shape index (κ3) is 3.70. The highest BCUT2D eigenvalue weighted by atomic mass is 16.4. The van der Waals surface area contributed by atoms with Gasteiger partial charge in [0.25, 0.3) is 0 Å². The Hall–Kier alpha value is -3.08. The van der Waals surface area contributed by atoms with Crippen molar-refractivity contribution in [3.05, 3.63) is 64.7 Å². The molecule has 0 aliphatic rings. The van der Waals surface area contributed by atoms with Gasteiger partial charge in [0.15, 0.2) is 0 Å². The minimum atomic E-state index is -1.19. The molecule has 0 atom stereocenters. The van der Waals surface area contributed by atoms with Crippen LogP contribution in [0, 0.1) is 0 Å². The highest BCUT2D eigenvalue weighted by molar-refractivity contribution is 5.95. The molecular formula is C16H12O5. The summed E-state index contributed by atoms with van der Waals surface area (Å²) in [6.07, 6.45) is 3.25. The number of benzene rings is 2. The third-order valence-electron chi connectivity index (χ3n) is 2.79. The lowest BCUT2D eigenvalue weighted by Gasteiger charge is -2.02. The van der Waals surface area contributed by atoms with E-state index in [1.165, 1.54) is 24.3 Å². The standard InChI is InChI=1S/C16H12O5/c17-14-3-1-2-10(8-14)4-5-11-6-12(15(18)19)9-13(7-11)16(20)21/h1-9,17H,(H,18,19)(H,20,21). The van der Waals surface area contributed by atoms with Crippen LogP contribution in [-0.2, 0) is 0 Å². The monoisotopic (exact) mass is 284 g/mol. The Morgan fingerprint density at radius 1 is 0.810 bits per heavy atom. The van der Waals surface area contributed by atoms with Gasteiger partial charge >= 0.3 is 11.9 Å². The van der Waals surface area contributed by atoms with Gasteiger partial charge in [-0.3, -0.25) is 0 Å². The Labute approximate surface area is 120 Å². The summed E-state index contributed by atoms with van der Waals surface area (Å²) in [5.41, 5.74) is 0.985. The summed E-state index contributed by atoms with van der Waals surface area (Å²) in [6.45, 7) is 0. The molecule has 106 valence electrons. The molecule has 3 N–H and O–H groups in total. The maximum Gasteiger partial charge on any atom is 0.335 e. The summed E-state index contributed by atoms with van der Waals surface area (Å²) in [7, 11) is 0. The Bertz CT molecular complexity index is 699. The molecule has 2 aromatic carbocycles. The lowest BCUT2D eigenvalue weighted by Crippen LogP contribution is -2.02. The van der Waals surface area contributed by atoms with E-state index < -0.39 is 11.9 Å². The van der Waals surface area contributed by atoms with Gasteiger partial charge in [-0.15, -0.1) is 0 Å². The first kappa shape index (κ1) is 14.3. The molecule has 0 saturated heterocycles. The van der Waals surface area contributed by atoms with Crippen LogP contribution in [0.1, 0.15) is 31.8 Å². The molecule has 2 aromatic rings. The highest BCUT2D eigenvalue weighted by Gasteiger charge is 2.10. The van der Waals surface area contributed by atoms with Crippen LogP contribution in [0.4, 0.5) is 0 Å². The van der Waals surface area contributed by atoms with Gasteiger partial charge in [0.05, 0.1) is 11.1 Å². The van der Waals surface area contributed by atoms with Gasteiger partial charge in [-0.25, -0.2) is 9.59 Å². The summed E-state index contributed by atoms with van der Waals surface area (Å²) in [5.74, 6) is -2.27. The van der Waals surface area contributed by atoms with Crippen molar-refractivity contribution in [2.75, 3.05) is 0 Å². The number of aromatic hydroxyl groups is 1. The number of carboxylic acids is 2. The van der Waals surface area contributed by atoms with Crippen LogP contribution in [0.25, 0.3) is 12.2 Å². The SMILES string of the molecule is O=C(O)c1cc(C=Cc2cccc(O)c2)cc(C(=O)O)c1. The summed E-state index contributed by atoms with van der Waals surface area (Å²) in [5, 5.41) is 27.3. The van der Waals surface area contributed by atoms with Crippen molar-refractivity contribution in [3.8, 4) is 5.75 Å². The topological polar surface area (TPSA) is 94.8 Å². The fraction of sp³-hybridized carbons (Fsp3) is 0. The van der Waals surface area contributed by atoms with Crippen molar-refractivity contribution in [3.63, 3.8) is 0 Å². The Balaban J connectivity index is 2.39. The van der Waals surface area contributed by atoms with Gasteiger partial charge in [0.2, 0.25) is 0 Å². The fourth-order valence-corrected chi connectivity index (χ4v) is 1.82. The second-order valence-electron chi connectivity index (χ2n) is 4.38. The summed E-state index contributed by atoms with van der Waals surface area (Å²) >= 11 is 0. The van der Waals surface area contributed by atoms with Crippen LogP contribution in [0.15, 0.2) is 42.5 Å². The zero-order chi connectivity index (χ0) is 15.4. The quantitative estimate of drug-likeness (QED) is 0.750. The molecule has 5 nitrogen and oxygen atoms in total. The van der Waals surface area contributed by atoms with Gasteiger partial charge in [-0.05, 0) is 41.5 Å². The number of carbonyl (C=O) groups is 2. The van der Waals surface area contributed by atoms with E-state index in [2.05, 4.69) is 0 Å². The molecule has 0 aromatic heterocycles. The van der Waals surface area contributed by atoms with E-state index in [1.807, 2.05) is 0 Å². The van der Waals surface area contributed by atoms with Crippen molar-refractivity contribution in [1.29, 1.82) is 0 Å². The number of rotatable bonds is 4. The Morgan fingerprint density at radius 3 is 1.90 bits per heavy atom. The highest BCUT2D eigenvalue weighted by Crippen LogP contribution is 2.16. The summed E-state index contributed by atoms with van der Waals surface area (Å²) in [4.78, 5) is 22.0. The molecule has 5 heteroatoms. The van der Waals surface area contributed by atoms with E-state index in [4.69, 9.17) is 10.2 Å². The van der Waals surface area contributed by atoms with Gasteiger partial charge in [-0.1, -0.05) is 24.3 Å². The maximum absolute atomic E-state index is 11.0. The second-order valence-corrected chi connectivity index (χ2v) is 4.38. The second kappa shape index (κ2) is 5.92. The fourth-order valence-electron chi connectivity index (χ4n) is 1.82. The smallest absolute Gasteiger partial charge is 0.335 e. The molecule has 0 aliphatic heterocycles. The number of aromatic carboxylic acids is 2. The number of phenols is 1. The molecule has 0 spiro atoms. The summed E-state index contributed by atoms with van der Waals surface area (Å²) in [6, 6.07) is 10.4. The predicted octanol–water partition coefficient (Wildman–Crippen LogP) is 2.96. The zero-order valence-corrected chi connectivity index (χ0v) is 10.9. The molecule has 2 rings (SSSR count). The van der Waals surface area contributed by atoms with E-state index in [0.29, 0.717) is 11.1 Å². The molecule has 0 fully saturated rings. The van der Waals surface area contributed by atoms with Crippen LogP contribution >= 0.6 is 0 Å².